The van der Waals surface area contributed by atoms with Crippen molar-refractivity contribution < 1.29 is 32.3 Å². The molecule has 2 fully saturated rings. The molecule has 2 unspecified atom stereocenters. The number of rotatable bonds is 8. The SMILES string of the molecule is CC(CCC(F)F)N[C@H]1CCCO[C@@H]1Cc1ccc2c(c1F)CN(C1CCC(=O)NC1=O)C2=O. The topological polar surface area (TPSA) is 87.7 Å². The number of imide groups is 1. The van der Waals surface area contributed by atoms with Gasteiger partial charge in [0.1, 0.15) is 11.9 Å². The summed E-state index contributed by atoms with van der Waals surface area (Å²) in [7, 11) is 0. The Kier molecular flexibility index (Phi) is 7.57. The maximum Gasteiger partial charge on any atom is 0.255 e. The molecule has 3 aliphatic rings. The van der Waals surface area contributed by atoms with Gasteiger partial charge in [0, 0.05) is 49.1 Å². The molecule has 10 heteroatoms. The highest BCUT2D eigenvalue weighted by atomic mass is 19.3. The maximum absolute atomic E-state index is 15.5. The van der Waals surface area contributed by atoms with Crippen LogP contribution in [0.2, 0.25) is 0 Å². The van der Waals surface area contributed by atoms with Gasteiger partial charge in [0.05, 0.1) is 12.6 Å². The van der Waals surface area contributed by atoms with Gasteiger partial charge in [-0.15, -0.1) is 0 Å². The van der Waals surface area contributed by atoms with Crippen LogP contribution in [0.15, 0.2) is 12.1 Å². The lowest BCUT2D eigenvalue weighted by Crippen LogP contribution is -2.52. The first-order valence-corrected chi connectivity index (χ1v) is 11.8. The molecule has 3 amide bonds. The second kappa shape index (κ2) is 10.4. The quantitative estimate of drug-likeness (QED) is 0.558. The van der Waals surface area contributed by atoms with Crippen LogP contribution >= 0.6 is 0 Å². The van der Waals surface area contributed by atoms with E-state index in [1.807, 2.05) is 6.92 Å². The van der Waals surface area contributed by atoms with E-state index in [-0.39, 0.29) is 67.4 Å². The fraction of sp³-hybridized carbons (Fsp3) is 0.625. The molecule has 4 atom stereocenters. The van der Waals surface area contributed by atoms with E-state index < -0.39 is 30.1 Å². The van der Waals surface area contributed by atoms with E-state index in [4.69, 9.17) is 4.74 Å². The van der Waals surface area contributed by atoms with Gasteiger partial charge in [-0.25, -0.2) is 13.2 Å². The number of nitrogens with zero attached hydrogens (tertiary/aromatic N) is 1. The van der Waals surface area contributed by atoms with Crippen LogP contribution in [0.5, 0.6) is 0 Å². The smallest absolute Gasteiger partial charge is 0.255 e. The van der Waals surface area contributed by atoms with Crippen LogP contribution in [0, 0.1) is 5.82 Å². The van der Waals surface area contributed by atoms with Gasteiger partial charge in [-0.3, -0.25) is 19.7 Å². The van der Waals surface area contributed by atoms with Crippen LogP contribution in [-0.2, 0) is 27.3 Å². The van der Waals surface area contributed by atoms with Gasteiger partial charge < -0.3 is 15.0 Å². The Labute approximate surface area is 196 Å². The van der Waals surface area contributed by atoms with Gasteiger partial charge in [0.15, 0.2) is 0 Å². The van der Waals surface area contributed by atoms with E-state index >= 15 is 4.39 Å². The van der Waals surface area contributed by atoms with Crippen molar-refractivity contribution in [3.63, 3.8) is 0 Å². The minimum absolute atomic E-state index is 0.0298. The fourth-order valence-electron chi connectivity index (χ4n) is 5.08. The highest BCUT2D eigenvalue weighted by Gasteiger charge is 2.40. The number of alkyl halides is 2. The highest BCUT2D eigenvalue weighted by Crippen LogP contribution is 2.32. The summed E-state index contributed by atoms with van der Waals surface area (Å²) in [4.78, 5) is 37.9. The number of carbonyl (C=O) groups excluding carboxylic acids is 3. The predicted octanol–water partition coefficient (Wildman–Crippen LogP) is 2.70. The molecule has 0 aliphatic carbocycles. The third kappa shape index (κ3) is 5.27. The van der Waals surface area contributed by atoms with E-state index in [0.29, 0.717) is 18.6 Å². The third-order valence-corrected chi connectivity index (χ3v) is 6.91. The number of ether oxygens (including phenoxy) is 1. The fourth-order valence-corrected chi connectivity index (χ4v) is 5.08. The average molecular weight is 482 g/mol. The van der Waals surface area contributed by atoms with Crippen molar-refractivity contribution in [2.45, 2.75) is 89.1 Å². The predicted molar refractivity (Wildman–Crippen MR) is 117 cm³/mol. The van der Waals surface area contributed by atoms with Crippen molar-refractivity contribution in [1.29, 1.82) is 0 Å². The molecule has 0 aromatic heterocycles. The Morgan fingerprint density at radius 3 is 2.74 bits per heavy atom. The first kappa shape index (κ1) is 24.7. The number of piperidine rings is 1. The summed E-state index contributed by atoms with van der Waals surface area (Å²) in [6, 6.07) is 2.15. The normalized spacial score (nSPS) is 26.1. The molecule has 0 bridgehead atoms. The zero-order chi connectivity index (χ0) is 24.4. The van der Waals surface area contributed by atoms with E-state index in [9.17, 15) is 23.2 Å². The van der Waals surface area contributed by atoms with Crippen molar-refractivity contribution in [1.82, 2.24) is 15.5 Å². The molecule has 0 radical (unpaired) electrons. The minimum atomic E-state index is -2.34. The monoisotopic (exact) mass is 481 g/mol. The maximum atomic E-state index is 15.5. The number of halogens is 3. The van der Waals surface area contributed by atoms with Crippen LogP contribution in [0.3, 0.4) is 0 Å². The van der Waals surface area contributed by atoms with Crippen molar-refractivity contribution in [2.75, 3.05) is 6.61 Å². The first-order chi connectivity index (χ1) is 16.2. The average Bonchev–Trinajstić information content (AvgIpc) is 3.12. The molecular weight excluding hydrogens is 451 g/mol. The highest BCUT2D eigenvalue weighted by molar-refractivity contribution is 6.05. The molecule has 4 rings (SSSR count). The molecule has 7 nitrogen and oxygen atoms in total. The van der Waals surface area contributed by atoms with Crippen molar-refractivity contribution in [3.05, 3.63) is 34.6 Å². The van der Waals surface area contributed by atoms with E-state index in [0.717, 1.165) is 12.8 Å². The van der Waals surface area contributed by atoms with E-state index in [1.54, 1.807) is 12.1 Å². The Hall–Kier alpha value is -2.46. The lowest BCUT2D eigenvalue weighted by atomic mass is 9.93. The van der Waals surface area contributed by atoms with Gasteiger partial charge >= 0.3 is 0 Å². The Morgan fingerprint density at radius 2 is 2.00 bits per heavy atom. The lowest BCUT2D eigenvalue weighted by Gasteiger charge is -2.35. The Balaban J connectivity index is 1.46. The number of fused-ring (bicyclic) bond motifs is 1. The summed E-state index contributed by atoms with van der Waals surface area (Å²) in [6.07, 6.45) is -0.236. The van der Waals surface area contributed by atoms with Gasteiger partial charge in [0.2, 0.25) is 18.2 Å². The molecule has 34 heavy (non-hydrogen) atoms. The van der Waals surface area contributed by atoms with Crippen LogP contribution in [0.1, 0.15) is 66.9 Å². The molecule has 2 N–H and O–H groups in total. The van der Waals surface area contributed by atoms with Crippen LogP contribution < -0.4 is 10.6 Å². The zero-order valence-corrected chi connectivity index (χ0v) is 19.1. The van der Waals surface area contributed by atoms with Crippen LogP contribution in [0.4, 0.5) is 13.2 Å². The molecule has 186 valence electrons. The molecule has 3 aliphatic heterocycles. The summed E-state index contributed by atoms with van der Waals surface area (Å²) in [6.45, 7) is 2.37. The minimum Gasteiger partial charge on any atom is -0.376 e. The first-order valence-electron chi connectivity index (χ1n) is 11.8. The van der Waals surface area contributed by atoms with Crippen molar-refractivity contribution >= 4 is 17.7 Å². The largest absolute Gasteiger partial charge is 0.376 e. The second-order valence-corrected chi connectivity index (χ2v) is 9.36. The standard InChI is InChI=1S/C24H30F3N3O4/c1-13(4-8-20(25)26)28-17-3-2-10-34-19(17)11-14-5-6-15-16(22(14)27)12-30(24(15)33)18-7-9-21(31)29-23(18)32/h5-6,13,17-20,28H,2-4,7-12H2,1H3,(H,29,31,32)/t13?,17-,18?,19+/m0/s1. The number of carbonyl (C=O) groups is 3. The van der Waals surface area contributed by atoms with Gasteiger partial charge in [-0.05, 0) is 44.2 Å². The molecule has 1 aromatic rings. The van der Waals surface area contributed by atoms with Crippen molar-refractivity contribution in [2.24, 2.45) is 0 Å². The molecule has 3 heterocycles. The number of hydrogen-bond acceptors (Lipinski definition) is 5. The second-order valence-electron chi connectivity index (χ2n) is 9.36. The van der Waals surface area contributed by atoms with Crippen molar-refractivity contribution in [3.8, 4) is 0 Å². The number of hydrogen-bond donors (Lipinski definition) is 2. The Morgan fingerprint density at radius 1 is 1.21 bits per heavy atom. The zero-order valence-electron chi connectivity index (χ0n) is 19.1. The summed E-state index contributed by atoms with van der Waals surface area (Å²) in [5, 5.41) is 5.61. The summed E-state index contributed by atoms with van der Waals surface area (Å²) in [5.41, 5.74) is 0.888. The Bertz CT molecular complexity index is 958. The van der Waals surface area contributed by atoms with Crippen LogP contribution in [0.25, 0.3) is 0 Å². The van der Waals surface area contributed by atoms with Gasteiger partial charge in [0.25, 0.3) is 5.91 Å². The van der Waals surface area contributed by atoms with E-state index in [2.05, 4.69) is 10.6 Å². The number of nitrogens with one attached hydrogen (secondary N) is 2. The number of benzene rings is 1. The molecule has 0 saturated carbocycles. The number of amides is 3. The van der Waals surface area contributed by atoms with E-state index in [1.165, 1.54) is 4.90 Å². The summed E-state index contributed by atoms with van der Waals surface area (Å²) >= 11 is 0. The van der Waals surface area contributed by atoms with Crippen LogP contribution in [-0.4, -0.2) is 59.9 Å². The molecular formula is C24H30F3N3O4. The van der Waals surface area contributed by atoms with Gasteiger partial charge in [-0.1, -0.05) is 6.07 Å². The van der Waals surface area contributed by atoms with Gasteiger partial charge in [-0.2, -0.15) is 0 Å². The summed E-state index contributed by atoms with van der Waals surface area (Å²) < 4.78 is 46.5. The molecule has 0 spiro atoms. The third-order valence-electron chi connectivity index (χ3n) is 6.91. The summed E-state index contributed by atoms with van der Waals surface area (Å²) in [5.74, 6) is -1.82. The molecule has 1 aromatic carbocycles. The lowest BCUT2D eigenvalue weighted by molar-refractivity contribution is -0.136. The molecule has 2 saturated heterocycles.